The molecule has 0 aliphatic carbocycles. The van der Waals surface area contributed by atoms with Crippen molar-refractivity contribution < 1.29 is 33.3 Å². The Morgan fingerprint density at radius 2 is 1.42 bits per heavy atom. The maximum atomic E-state index is 13.7. The van der Waals surface area contributed by atoms with Gasteiger partial charge in [0.25, 0.3) is 0 Å². The summed E-state index contributed by atoms with van der Waals surface area (Å²) >= 11 is 0. The van der Waals surface area contributed by atoms with Crippen molar-refractivity contribution >= 4 is 11.9 Å². The van der Waals surface area contributed by atoms with Crippen LogP contribution in [0.5, 0.6) is 0 Å². The van der Waals surface area contributed by atoms with Crippen molar-refractivity contribution in [3.05, 3.63) is 0 Å². The van der Waals surface area contributed by atoms with E-state index >= 15 is 0 Å². The smallest absolute Gasteiger partial charge is 0.311 e. The van der Waals surface area contributed by atoms with Gasteiger partial charge in [0.05, 0.1) is 48.5 Å². The SMILES string of the molecule is CCC[C@H]1C[C@@H]2CC[C@@H](O2)[C@@H](C)C(=O)O[C@@H]([C@H](C)[C@H]2CC[C@@H](C[C@@H](CCC)N(C)C)O2)[C@H](C)[C@@H]2CC[C@@H](O2)[C@H](C)C(=O)O1. The first-order chi connectivity index (χ1) is 20.5. The summed E-state index contributed by atoms with van der Waals surface area (Å²) < 4.78 is 32.2. The minimum Gasteiger partial charge on any atom is -0.462 e. The molecular weight excluding hydrogens is 546 g/mol. The fraction of sp³-hybridized carbons (Fsp3) is 0.943. The van der Waals surface area contributed by atoms with Crippen LogP contribution in [0.25, 0.3) is 0 Å². The fourth-order valence-corrected chi connectivity index (χ4v) is 8.01. The van der Waals surface area contributed by atoms with Crippen molar-refractivity contribution in [2.24, 2.45) is 23.7 Å². The highest BCUT2D eigenvalue weighted by Crippen LogP contribution is 2.39. The number of ether oxygens (including phenoxy) is 5. The van der Waals surface area contributed by atoms with E-state index < -0.39 is 0 Å². The molecule has 0 spiro atoms. The molecule has 43 heavy (non-hydrogen) atoms. The van der Waals surface area contributed by atoms with E-state index in [1.165, 1.54) is 0 Å². The van der Waals surface area contributed by atoms with Gasteiger partial charge in [0.15, 0.2) is 0 Å². The lowest BCUT2D eigenvalue weighted by molar-refractivity contribution is -0.175. The molecule has 0 saturated carbocycles. The van der Waals surface area contributed by atoms with E-state index in [0.717, 1.165) is 70.6 Å². The van der Waals surface area contributed by atoms with Crippen LogP contribution < -0.4 is 0 Å². The lowest BCUT2D eigenvalue weighted by Crippen LogP contribution is -2.44. The minimum atomic E-state index is -0.364. The van der Waals surface area contributed by atoms with E-state index in [4.69, 9.17) is 23.7 Å². The third-order valence-corrected chi connectivity index (χ3v) is 11.0. The highest BCUT2D eigenvalue weighted by Gasteiger charge is 2.46. The normalized spacial score (nSPS) is 40.8. The van der Waals surface area contributed by atoms with Crippen LogP contribution in [0.2, 0.25) is 0 Å². The Morgan fingerprint density at radius 1 is 0.767 bits per heavy atom. The first-order valence-electron chi connectivity index (χ1n) is 17.6. The second kappa shape index (κ2) is 15.9. The van der Waals surface area contributed by atoms with E-state index in [-0.39, 0.29) is 84.4 Å². The minimum absolute atomic E-state index is 0.0175. The quantitative estimate of drug-likeness (QED) is 0.282. The van der Waals surface area contributed by atoms with Gasteiger partial charge in [-0.1, -0.05) is 40.5 Å². The van der Waals surface area contributed by atoms with Crippen LogP contribution in [0, 0.1) is 23.7 Å². The van der Waals surface area contributed by atoms with Crippen LogP contribution >= 0.6 is 0 Å². The van der Waals surface area contributed by atoms with Gasteiger partial charge < -0.3 is 28.6 Å². The predicted molar refractivity (Wildman–Crippen MR) is 167 cm³/mol. The third-order valence-electron chi connectivity index (χ3n) is 11.0. The van der Waals surface area contributed by atoms with E-state index in [1.807, 2.05) is 13.8 Å². The maximum Gasteiger partial charge on any atom is 0.311 e. The summed E-state index contributed by atoms with van der Waals surface area (Å²) in [6.07, 6.45) is 10.3. The molecule has 0 aromatic rings. The molecule has 4 fully saturated rings. The molecule has 0 unspecified atom stereocenters. The Bertz CT molecular complexity index is 897. The van der Waals surface area contributed by atoms with E-state index in [1.54, 1.807) is 0 Å². The summed E-state index contributed by atoms with van der Waals surface area (Å²) in [5, 5.41) is 0. The molecule has 4 saturated heterocycles. The topological polar surface area (TPSA) is 83.5 Å². The molecule has 0 aromatic carbocycles. The standard InChI is InChI=1S/C35H61NO7/c1-9-11-25(36(7)8)19-27-13-15-29(39-27)21(3)33-22(4)30-17-18-32(42-30)24(6)34(37)41-26(12-10-2)20-28-14-16-31(40-28)23(5)35(38)43-33/h21-33H,9-20H2,1-8H3/t21-,22-,23-,24+,25-,26+,27+,28+,29-,30+,31-,32-,33+/m1/s1. The van der Waals surface area contributed by atoms with Crippen LogP contribution in [0.1, 0.15) is 119 Å². The van der Waals surface area contributed by atoms with E-state index in [9.17, 15) is 9.59 Å². The van der Waals surface area contributed by atoms with Crippen molar-refractivity contribution in [3.8, 4) is 0 Å². The summed E-state index contributed by atoms with van der Waals surface area (Å²) in [7, 11) is 4.32. The lowest BCUT2D eigenvalue weighted by Gasteiger charge is -2.36. The first kappa shape index (κ1) is 34.6. The number of cyclic esters (lactones) is 2. The van der Waals surface area contributed by atoms with Crippen molar-refractivity contribution in [2.45, 2.75) is 173 Å². The van der Waals surface area contributed by atoms with Gasteiger partial charge in [-0.05, 0) is 85.7 Å². The van der Waals surface area contributed by atoms with Crippen molar-refractivity contribution in [1.82, 2.24) is 4.90 Å². The van der Waals surface area contributed by atoms with Gasteiger partial charge in [-0.25, -0.2) is 0 Å². The molecule has 8 nitrogen and oxygen atoms in total. The summed E-state index contributed by atoms with van der Waals surface area (Å²) in [5.74, 6) is -1.08. The molecule has 0 aromatic heterocycles. The van der Waals surface area contributed by atoms with Crippen molar-refractivity contribution in [3.63, 3.8) is 0 Å². The number of nitrogens with zero attached hydrogens (tertiary/aromatic N) is 1. The molecule has 248 valence electrons. The number of fused-ring (bicyclic) bond motifs is 4. The van der Waals surface area contributed by atoms with Crippen LogP contribution in [-0.4, -0.2) is 85.8 Å². The zero-order chi connectivity index (χ0) is 31.3. The number of carbonyl (C=O) groups is 2. The van der Waals surface area contributed by atoms with Gasteiger partial charge in [0.2, 0.25) is 0 Å². The highest BCUT2D eigenvalue weighted by molar-refractivity contribution is 5.73. The summed E-state index contributed by atoms with van der Waals surface area (Å²) in [6, 6.07) is 0.509. The molecule has 4 aliphatic rings. The van der Waals surface area contributed by atoms with Crippen molar-refractivity contribution in [1.29, 1.82) is 0 Å². The molecule has 4 bridgehead atoms. The molecule has 4 rings (SSSR count). The van der Waals surface area contributed by atoms with E-state index in [2.05, 4.69) is 46.7 Å². The Labute approximate surface area is 261 Å². The number of esters is 2. The van der Waals surface area contributed by atoms with Crippen LogP contribution in [-0.2, 0) is 33.3 Å². The summed E-state index contributed by atoms with van der Waals surface area (Å²) in [4.78, 5) is 29.3. The molecular formula is C35H61NO7. The first-order valence-corrected chi connectivity index (χ1v) is 17.6. The Hall–Kier alpha value is -1.22. The molecule has 4 heterocycles. The summed E-state index contributed by atoms with van der Waals surface area (Å²) in [6.45, 7) is 12.6. The number of rotatable bonds is 9. The number of hydrogen-bond acceptors (Lipinski definition) is 8. The second-order valence-electron chi connectivity index (χ2n) is 14.5. The fourth-order valence-electron chi connectivity index (χ4n) is 8.01. The Morgan fingerprint density at radius 3 is 2.09 bits per heavy atom. The second-order valence-corrected chi connectivity index (χ2v) is 14.5. The molecule has 0 N–H and O–H groups in total. The molecule has 0 radical (unpaired) electrons. The van der Waals surface area contributed by atoms with Crippen LogP contribution in [0.4, 0.5) is 0 Å². The monoisotopic (exact) mass is 607 g/mol. The predicted octanol–water partition coefficient (Wildman–Crippen LogP) is 6.32. The number of carbonyl (C=O) groups excluding carboxylic acids is 2. The van der Waals surface area contributed by atoms with Gasteiger partial charge in [0.1, 0.15) is 12.2 Å². The van der Waals surface area contributed by atoms with Crippen molar-refractivity contribution in [2.75, 3.05) is 14.1 Å². The Kier molecular flexibility index (Phi) is 12.8. The van der Waals surface area contributed by atoms with Gasteiger partial charge in [-0.3, -0.25) is 9.59 Å². The zero-order valence-electron chi connectivity index (χ0n) is 28.3. The van der Waals surface area contributed by atoms with Gasteiger partial charge >= 0.3 is 11.9 Å². The van der Waals surface area contributed by atoms with E-state index in [0.29, 0.717) is 12.5 Å². The van der Waals surface area contributed by atoms with Gasteiger partial charge in [-0.2, -0.15) is 0 Å². The van der Waals surface area contributed by atoms with Crippen LogP contribution in [0.15, 0.2) is 0 Å². The largest absolute Gasteiger partial charge is 0.462 e. The average Bonchev–Trinajstić information content (AvgIpc) is 3.75. The van der Waals surface area contributed by atoms with Gasteiger partial charge in [-0.15, -0.1) is 0 Å². The Balaban J connectivity index is 1.51. The third kappa shape index (κ3) is 8.74. The maximum absolute atomic E-state index is 13.7. The van der Waals surface area contributed by atoms with Crippen LogP contribution in [0.3, 0.4) is 0 Å². The van der Waals surface area contributed by atoms with Gasteiger partial charge in [0, 0.05) is 24.3 Å². The molecule has 0 amide bonds. The average molecular weight is 608 g/mol. The molecule has 4 aliphatic heterocycles. The highest BCUT2D eigenvalue weighted by atomic mass is 16.6. The number of hydrogen-bond donors (Lipinski definition) is 0. The molecule has 8 heteroatoms. The molecule has 13 atom stereocenters. The lowest BCUT2D eigenvalue weighted by atomic mass is 9.84. The summed E-state index contributed by atoms with van der Waals surface area (Å²) in [5.41, 5.74) is 0. The zero-order valence-corrected chi connectivity index (χ0v) is 28.3.